The smallest absolute Gasteiger partial charge is 0.155 e. The predicted octanol–water partition coefficient (Wildman–Crippen LogP) is 4.85. The number of halogens is 2. The Kier molecular flexibility index (Phi) is 4.10. The molecule has 0 aromatic carbocycles. The molecule has 0 N–H and O–H groups in total. The molecule has 0 spiro atoms. The summed E-state index contributed by atoms with van der Waals surface area (Å²) < 4.78 is 14.3. The number of rotatable bonds is 2. The van der Waals surface area contributed by atoms with E-state index >= 15 is 0 Å². The summed E-state index contributed by atoms with van der Waals surface area (Å²) in [6.07, 6.45) is 6.77. The quantitative estimate of drug-likeness (QED) is 0.706. The molecule has 0 saturated heterocycles. The SMILES string of the molecule is CC(=O)C1=CC(C)=C(F)C(C2=C(Cl)CC(C)C=C2)C1. The van der Waals surface area contributed by atoms with E-state index < -0.39 is 5.92 Å². The molecule has 0 bridgehead atoms. The van der Waals surface area contributed by atoms with Gasteiger partial charge >= 0.3 is 0 Å². The Bertz CT molecular complexity index is 537. The number of ketones is 1. The largest absolute Gasteiger partial charge is 0.295 e. The Hall–Kier alpha value is -1.15. The fraction of sp³-hybridized carbons (Fsp3) is 0.438. The predicted molar refractivity (Wildman–Crippen MR) is 76.5 cm³/mol. The molecule has 0 aromatic heterocycles. The Balaban J connectivity index is 2.37. The van der Waals surface area contributed by atoms with E-state index in [2.05, 4.69) is 13.0 Å². The molecule has 2 aliphatic rings. The molecule has 2 aliphatic carbocycles. The molecule has 0 aromatic rings. The summed E-state index contributed by atoms with van der Waals surface area (Å²) in [5, 5.41) is 0.716. The van der Waals surface area contributed by atoms with Crippen LogP contribution >= 0.6 is 11.6 Å². The molecule has 2 atom stereocenters. The van der Waals surface area contributed by atoms with E-state index in [0.29, 0.717) is 28.5 Å². The third kappa shape index (κ3) is 2.89. The first-order valence-corrected chi connectivity index (χ1v) is 6.92. The molecular weight excluding hydrogens is 263 g/mol. The van der Waals surface area contributed by atoms with Gasteiger partial charge in [0.25, 0.3) is 0 Å². The first kappa shape index (κ1) is 14.3. The summed E-state index contributed by atoms with van der Waals surface area (Å²) in [6, 6.07) is 0. The Labute approximate surface area is 118 Å². The Morgan fingerprint density at radius 2 is 2.11 bits per heavy atom. The van der Waals surface area contributed by atoms with Crippen molar-refractivity contribution in [3.8, 4) is 0 Å². The van der Waals surface area contributed by atoms with E-state index in [-0.39, 0.29) is 11.6 Å². The van der Waals surface area contributed by atoms with Crippen molar-refractivity contribution in [3.63, 3.8) is 0 Å². The van der Waals surface area contributed by atoms with Crippen LogP contribution in [0.1, 0.15) is 33.6 Å². The maximum Gasteiger partial charge on any atom is 0.155 e. The highest BCUT2D eigenvalue weighted by atomic mass is 35.5. The third-order valence-electron chi connectivity index (χ3n) is 3.74. The molecule has 2 rings (SSSR count). The van der Waals surface area contributed by atoms with Gasteiger partial charge in [-0.2, -0.15) is 0 Å². The van der Waals surface area contributed by atoms with Crippen LogP contribution < -0.4 is 0 Å². The number of carbonyl (C=O) groups excluding carboxylic acids is 1. The van der Waals surface area contributed by atoms with Crippen molar-refractivity contribution in [2.75, 3.05) is 0 Å². The maximum atomic E-state index is 14.3. The number of hydrogen-bond acceptors (Lipinski definition) is 1. The van der Waals surface area contributed by atoms with Gasteiger partial charge in [-0.25, -0.2) is 4.39 Å². The van der Waals surface area contributed by atoms with Gasteiger partial charge in [0.2, 0.25) is 0 Å². The molecule has 0 heterocycles. The molecule has 0 amide bonds. The van der Waals surface area contributed by atoms with Crippen LogP contribution in [0.25, 0.3) is 0 Å². The summed E-state index contributed by atoms with van der Waals surface area (Å²) in [5.41, 5.74) is 2.03. The minimum atomic E-state index is -0.403. The van der Waals surface area contributed by atoms with Crippen molar-refractivity contribution in [2.24, 2.45) is 11.8 Å². The lowest BCUT2D eigenvalue weighted by atomic mass is 9.80. The average Bonchev–Trinajstić information content (AvgIpc) is 2.33. The van der Waals surface area contributed by atoms with Crippen molar-refractivity contribution >= 4 is 17.4 Å². The van der Waals surface area contributed by atoms with Crippen LogP contribution in [-0.2, 0) is 4.79 Å². The number of hydrogen-bond donors (Lipinski definition) is 0. The highest BCUT2D eigenvalue weighted by molar-refractivity contribution is 6.30. The minimum Gasteiger partial charge on any atom is -0.295 e. The zero-order chi connectivity index (χ0) is 14.2. The summed E-state index contributed by atoms with van der Waals surface area (Å²) >= 11 is 6.29. The maximum absolute atomic E-state index is 14.3. The number of allylic oxidation sites excluding steroid dienone is 8. The van der Waals surface area contributed by atoms with Crippen molar-refractivity contribution in [1.82, 2.24) is 0 Å². The van der Waals surface area contributed by atoms with Gasteiger partial charge < -0.3 is 0 Å². The monoisotopic (exact) mass is 280 g/mol. The standard InChI is InChI=1S/C16H18ClFO/c1-9-4-5-13(15(17)6-9)14-8-12(11(3)19)7-10(2)16(14)18/h4-5,7,9,14H,6,8H2,1-3H3. The lowest BCUT2D eigenvalue weighted by Gasteiger charge is -2.26. The summed E-state index contributed by atoms with van der Waals surface area (Å²) in [5.74, 6) is -0.185. The zero-order valence-electron chi connectivity index (χ0n) is 11.5. The summed E-state index contributed by atoms with van der Waals surface area (Å²) in [6.45, 7) is 5.30. The van der Waals surface area contributed by atoms with Crippen LogP contribution in [0.5, 0.6) is 0 Å². The van der Waals surface area contributed by atoms with E-state index in [0.717, 1.165) is 12.0 Å². The lowest BCUT2D eigenvalue weighted by molar-refractivity contribution is -0.113. The molecule has 102 valence electrons. The van der Waals surface area contributed by atoms with Gasteiger partial charge in [0.05, 0.1) is 0 Å². The molecule has 0 radical (unpaired) electrons. The Morgan fingerprint density at radius 3 is 2.68 bits per heavy atom. The van der Waals surface area contributed by atoms with Gasteiger partial charge in [-0.3, -0.25) is 4.79 Å². The normalized spacial score (nSPS) is 27.7. The lowest BCUT2D eigenvalue weighted by Crippen LogP contribution is -2.16. The second kappa shape index (κ2) is 5.46. The van der Waals surface area contributed by atoms with E-state index in [1.165, 1.54) is 6.92 Å². The second-order valence-electron chi connectivity index (χ2n) is 5.41. The van der Waals surface area contributed by atoms with E-state index in [1.54, 1.807) is 13.0 Å². The minimum absolute atomic E-state index is 0.00160. The fourth-order valence-corrected chi connectivity index (χ4v) is 3.04. The topological polar surface area (TPSA) is 17.1 Å². The molecule has 3 heteroatoms. The highest BCUT2D eigenvalue weighted by Crippen LogP contribution is 2.41. The fourth-order valence-electron chi connectivity index (χ4n) is 2.60. The second-order valence-corrected chi connectivity index (χ2v) is 5.87. The average molecular weight is 281 g/mol. The first-order valence-electron chi connectivity index (χ1n) is 6.54. The third-order valence-corrected chi connectivity index (χ3v) is 4.12. The van der Waals surface area contributed by atoms with Crippen molar-refractivity contribution in [3.05, 3.63) is 45.8 Å². The van der Waals surface area contributed by atoms with E-state index in [9.17, 15) is 9.18 Å². The van der Waals surface area contributed by atoms with Gasteiger partial charge in [-0.15, -0.1) is 0 Å². The molecule has 0 aliphatic heterocycles. The van der Waals surface area contributed by atoms with Gasteiger partial charge in [0.15, 0.2) is 5.78 Å². The van der Waals surface area contributed by atoms with Crippen molar-refractivity contribution in [2.45, 2.75) is 33.6 Å². The number of carbonyl (C=O) groups is 1. The van der Waals surface area contributed by atoms with Crippen molar-refractivity contribution < 1.29 is 9.18 Å². The van der Waals surface area contributed by atoms with E-state index in [1.807, 2.05) is 6.08 Å². The number of Topliss-reactive ketones (excluding diaryl/α,β-unsaturated/α-hetero) is 1. The van der Waals surface area contributed by atoms with Crippen LogP contribution in [0.4, 0.5) is 4.39 Å². The van der Waals surface area contributed by atoms with Crippen LogP contribution in [0.15, 0.2) is 45.8 Å². The van der Waals surface area contributed by atoms with E-state index in [4.69, 9.17) is 11.6 Å². The van der Waals surface area contributed by atoms with Gasteiger partial charge in [0, 0.05) is 11.0 Å². The first-order chi connectivity index (χ1) is 8.90. The van der Waals surface area contributed by atoms with Crippen LogP contribution in [0.2, 0.25) is 0 Å². The molecular formula is C16H18ClFO. The molecule has 0 fully saturated rings. The van der Waals surface area contributed by atoms with Crippen molar-refractivity contribution in [1.29, 1.82) is 0 Å². The van der Waals surface area contributed by atoms with Crippen LogP contribution in [-0.4, -0.2) is 5.78 Å². The summed E-state index contributed by atoms with van der Waals surface area (Å²) in [4.78, 5) is 11.5. The molecule has 0 saturated carbocycles. The van der Waals surface area contributed by atoms with Crippen LogP contribution in [0.3, 0.4) is 0 Å². The summed E-state index contributed by atoms with van der Waals surface area (Å²) in [7, 11) is 0. The molecule has 2 unspecified atom stereocenters. The Morgan fingerprint density at radius 1 is 1.42 bits per heavy atom. The zero-order valence-corrected chi connectivity index (χ0v) is 12.2. The van der Waals surface area contributed by atoms with Gasteiger partial charge in [-0.05, 0) is 55.4 Å². The van der Waals surface area contributed by atoms with Crippen LogP contribution in [0, 0.1) is 11.8 Å². The van der Waals surface area contributed by atoms with Gasteiger partial charge in [-0.1, -0.05) is 30.7 Å². The highest BCUT2D eigenvalue weighted by Gasteiger charge is 2.29. The molecule has 19 heavy (non-hydrogen) atoms. The molecule has 1 nitrogen and oxygen atoms in total. The van der Waals surface area contributed by atoms with Gasteiger partial charge in [0.1, 0.15) is 5.83 Å².